The van der Waals surface area contributed by atoms with E-state index in [0.717, 1.165) is 56.5 Å². The largest absolute Gasteiger partial charge is 0.461 e. The van der Waals surface area contributed by atoms with E-state index >= 15 is 0 Å². The van der Waals surface area contributed by atoms with Crippen molar-refractivity contribution in [2.75, 3.05) is 50.7 Å². The highest BCUT2D eigenvalue weighted by molar-refractivity contribution is 5.86. The molecule has 4 heterocycles. The van der Waals surface area contributed by atoms with Crippen LogP contribution in [0, 0.1) is 34.0 Å². The van der Waals surface area contributed by atoms with Crippen molar-refractivity contribution in [3.05, 3.63) is 25.3 Å². The number of imidazole rings is 1. The van der Waals surface area contributed by atoms with Crippen molar-refractivity contribution in [2.24, 2.45) is 39.7 Å². The van der Waals surface area contributed by atoms with Crippen LogP contribution in [0.5, 0.6) is 0 Å². The number of rotatable bonds is 8. The molecule has 7 rings (SSSR count). The van der Waals surface area contributed by atoms with Gasteiger partial charge in [0.05, 0.1) is 19.0 Å². The quantitative estimate of drug-likeness (QED) is 0.305. The number of Topliss-reactive ketones (excluding diaryl/α,β-unsaturated/α-hetero) is 1. The molecule has 0 spiro atoms. The Morgan fingerprint density at radius 1 is 1.10 bits per heavy atom. The van der Waals surface area contributed by atoms with Gasteiger partial charge in [0, 0.05) is 81.4 Å². The standard InChI is InChI=1S/C39H58N8O5/c1-6-37(4)20-29(38(5)25(2)8-12-39(26(3)34(37)51)13-9-28(48)33(38)39)52-31(50)22-44-14-7-15-45(19-18-44)30(49)11-17-47-24-43-32-35(41-23-42-36(32)47)46-16-10-27(40)21-46/h6,23-27,29,33-34,51H,1,7-22,40H2,2-5H3/t25-,26+,27?,29-,33-,34+,37-,38+,39+/m1/s1. The number of esters is 1. The van der Waals surface area contributed by atoms with Crippen LogP contribution < -0.4 is 10.6 Å². The molecule has 5 fully saturated rings. The highest BCUT2D eigenvalue weighted by atomic mass is 16.5. The Bertz CT molecular complexity index is 1700. The van der Waals surface area contributed by atoms with E-state index in [1.165, 1.54) is 0 Å². The first-order valence-electron chi connectivity index (χ1n) is 19.5. The molecular formula is C39H58N8O5. The summed E-state index contributed by atoms with van der Waals surface area (Å²) in [6.07, 6.45) is 9.40. The van der Waals surface area contributed by atoms with Crippen LogP contribution in [-0.4, -0.2) is 116 Å². The molecule has 2 aromatic heterocycles. The maximum atomic E-state index is 13.9. The van der Waals surface area contributed by atoms with Gasteiger partial charge in [-0.15, -0.1) is 6.58 Å². The Kier molecular flexibility index (Phi) is 10.0. The molecule has 284 valence electrons. The summed E-state index contributed by atoms with van der Waals surface area (Å²) in [5.74, 6) is 0.627. The van der Waals surface area contributed by atoms with E-state index in [0.29, 0.717) is 57.6 Å². The first kappa shape index (κ1) is 36.9. The van der Waals surface area contributed by atoms with Gasteiger partial charge in [-0.3, -0.25) is 19.3 Å². The van der Waals surface area contributed by atoms with E-state index in [1.807, 2.05) is 22.5 Å². The third-order valence-corrected chi connectivity index (χ3v) is 14.3. The van der Waals surface area contributed by atoms with E-state index < -0.39 is 23.0 Å². The summed E-state index contributed by atoms with van der Waals surface area (Å²) in [7, 11) is 0. The number of ketones is 1. The third-order valence-electron chi connectivity index (χ3n) is 14.3. The van der Waals surface area contributed by atoms with Crippen LogP contribution >= 0.6 is 0 Å². The Morgan fingerprint density at radius 2 is 1.90 bits per heavy atom. The zero-order valence-electron chi connectivity index (χ0n) is 31.5. The molecule has 2 bridgehead atoms. The first-order chi connectivity index (χ1) is 24.8. The normalized spacial score (nSPS) is 37.0. The molecule has 1 unspecified atom stereocenters. The summed E-state index contributed by atoms with van der Waals surface area (Å²) in [5, 5.41) is 11.8. The Morgan fingerprint density at radius 3 is 2.65 bits per heavy atom. The van der Waals surface area contributed by atoms with Gasteiger partial charge in [-0.2, -0.15) is 0 Å². The lowest BCUT2D eigenvalue weighted by Gasteiger charge is -2.61. The SMILES string of the molecule is C=C[C@]1(C)C[C@@H](OC(=O)CN2CCCN(C(=O)CCn3cnc4c(N5CCC(N)C5)ncnc43)CC2)[C@]2(C)[C@H](C)CC[C@]3(CCC(=O)[C@@H]32)[C@@H](C)[C@@H]1O. The van der Waals surface area contributed by atoms with Crippen LogP contribution in [0.4, 0.5) is 5.82 Å². The number of aromatic nitrogens is 4. The van der Waals surface area contributed by atoms with E-state index in [4.69, 9.17) is 10.5 Å². The highest BCUT2D eigenvalue weighted by Gasteiger charge is 2.68. The van der Waals surface area contributed by atoms with Crippen molar-refractivity contribution in [1.29, 1.82) is 0 Å². The van der Waals surface area contributed by atoms with Gasteiger partial charge in [0.2, 0.25) is 5.91 Å². The van der Waals surface area contributed by atoms with Crippen LogP contribution in [-0.2, 0) is 25.7 Å². The molecular weight excluding hydrogens is 660 g/mol. The molecule has 2 aliphatic heterocycles. The lowest BCUT2D eigenvalue weighted by Crippen LogP contribution is -2.63. The summed E-state index contributed by atoms with van der Waals surface area (Å²) in [6.45, 7) is 17.2. The average molecular weight is 719 g/mol. The fraction of sp³-hybridized carbons (Fsp3) is 0.744. The fourth-order valence-corrected chi connectivity index (χ4v) is 10.9. The second kappa shape index (κ2) is 14.1. The van der Waals surface area contributed by atoms with Crippen molar-refractivity contribution >= 4 is 34.6 Å². The van der Waals surface area contributed by atoms with E-state index in [-0.39, 0.29) is 53.4 Å². The molecule has 9 atom stereocenters. The van der Waals surface area contributed by atoms with Gasteiger partial charge in [0.15, 0.2) is 17.0 Å². The Labute approximate surface area is 307 Å². The Hall–Kier alpha value is -3.42. The third kappa shape index (κ3) is 6.24. The van der Waals surface area contributed by atoms with Gasteiger partial charge in [-0.1, -0.05) is 33.8 Å². The number of ether oxygens (including phenoxy) is 1. The lowest BCUT2D eigenvalue weighted by molar-refractivity contribution is -0.207. The zero-order valence-corrected chi connectivity index (χ0v) is 31.5. The topological polar surface area (TPSA) is 160 Å². The molecule has 0 aromatic carbocycles. The number of aliphatic hydroxyl groups excluding tert-OH is 1. The monoisotopic (exact) mass is 718 g/mol. The van der Waals surface area contributed by atoms with E-state index in [2.05, 4.69) is 52.1 Å². The second-order valence-corrected chi connectivity index (χ2v) is 17.1. The summed E-state index contributed by atoms with van der Waals surface area (Å²) >= 11 is 0. The molecule has 5 aliphatic rings. The number of aryl methyl sites for hydroxylation is 1. The molecule has 1 amide bonds. The minimum absolute atomic E-state index is 0.0565. The molecule has 3 aliphatic carbocycles. The minimum atomic E-state index is -0.695. The average Bonchev–Trinajstić information content (AvgIpc) is 3.80. The highest BCUT2D eigenvalue weighted by Crippen LogP contribution is 2.68. The zero-order chi connectivity index (χ0) is 37.0. The minimum Gasteiger partial charge on any atom is -0.461 e. The molecule has 0 radical (unpaired) electrons. The van der Waals surface area contributed by atoms with Gasteiger partial charge in [-0.25, -0.2) is 15.0 Å². The van der Waals surface area contributed by atoms with Crippen molar-refractivity contribution in [3.63, 3.8) is 0 Å². The number of carbonyl (C=O) groups is 3. The van der Waals surface area contributed by atoms with Crippen LogP contribution in [0.1, 0.15) is 79.1 Å². The molecule has 3 saturated carbocycles. The summed E-state index contributed by atoms with van der Waals surface area (Å²) in [5.41, 5.74) is 6.03. The molecule has 2 saturated heterocycles. The first-order valence-corrected chi connectivity index (χ1v) is 19.5. The second-order valence-electron chi connectivity index (χ2n) is 17.1. The van der Waals surface area contributed by atoms with Gasteiger partial charge >= 0.3 is 5.97 Å². The van der Waals surface area contributed by atoms with Crippen LogP contribution in [0.15, 0.2) is 25.3 Å². The van der Waals surface area contributed by atoms with Gasteiger partial charge in [-0.05, 0) is 55.8 Å². The number of fused-ring (bicyclic) bond motifs is 1. The lowest BCUT2D eigenvalue weighted by atomic mass is 9.44. The number of anilines is 1. The van der Waals surface area contributed by atoms with Crippen molar-refractivity contribution in [1.82, 2.24) is 29.3 Å². The van der Waals surface area contributed by atoms with Crippen LogP contribution in [0.2, 0.25) is 0 Å². The molecule has 2 aromatic rings. The van der Waals surface area contributed by atoms with Crippen molar-refractivity contribution < 1.29 is 24.2 Å². The van der Waals surface area contributed by atoms with Crippen LogP contribution in [0.25, 0.3) is 11.2 Å². The van der Waals surface area contributed by atoms with E-state index in [9.17, 15) is 19.5 Å². The van der Waals surface area contributed by atoms with Gasteiger partial charge in [0.1, 0.15) is 18.2 Å². The summed E-state index contributed by atoms with van der Waals surface area (Å²) in [6, 6.07) is 0.122. The van der Waals surface area contributed by atoms with Crippen molar-refractivity contribution in [2.45, 2.75) is 104 Å². The molecule has 13 nitrogen and oxygen atoms in total. The predicted octanol–water partition coefficient (Wildman–Crippen LogP) is 3.19. The number of amides is 1. The Balaban J connectivity index is 0.986. The maximum absolute atomic E-state index is 13.9. The fourth-order valence-electron chi connectivity index (χ4n) is 10.9. The number of carbonyl (C=O) groups excluding carboxylic acids is 3. The summed E-state index contributed by atoms with van der Waals surface area (Å²) in [4.78, 5) is 60.7. The number of hydrogen-bond acceptors (Lipinski definition) is 11. The predicted molar refractivity (Wildman–Crippen MR) is 197 cm³/mol. The number of nitrogens with zero attached hydrogens (tertiary/aromatic N) is 7. The van der Waals surface area contributed by atoms with Crippen molar-refractivity contribution in [3.8, 4) is 0 Å². The smallest absolute Gasteiger partial charge is 0.320 e. The number of hydrogen-bond donors (Lipinski definition) is 2. The van der Waals surface area contributed by atoms with Gasteiger partial charge < -0.3 is 29.9 Å². The molecule has 3 N–H and O–H groups in total. The maximum Gasteiger partial charge on any atom is 0.320 e. The molecule has 52 heavy (non-hydrogen) atoms. The number of nitrogens with two attached hydrogens (primary N) is 1. The van der Waals surface area contributed by atoms with Gasteiger partial charge in [0.25, 0.3) is 0 Å². The van der Waals surface area contributed by atoms with Crippen LogP contribution in [0.3, 0.4) is 0 Å². The number of aliphatic hydroxyl groups is 1. The molecule has 13 heteroatoms. The summed E-state index contributed by atoms with van der Waals surface area (Å²) < 4.78 is 8.41. The van der Waals surface area contributed by atoms with E-state index in [1.54, 1.807) is 12.7 Å².